The maximum absolute atomic E-state index is 11.9. The predicted molar refractivity (Wildman–Crippen MR) is 107 cm³/mol. The van der Waals surface area contributed by atoms with Crippen molar-refractivity contribution in [2.75, 3.05) is 6.61 Å². The van der Waals surface area contributed by atoms with Crippen LogP contribution in [0.15, 0.2) is 70.9 Å². The lowest BCUT2D eigenvalue weighted by Gasteiger charge is -2.06. The molecule has 8 heteroatoms. The lowest BCUT2D eigenvalue weighted by atomic mass is 10.2. The molecular formula is C21H15N5O3. The second-order valence-corrected chi connectivity index (χ2v) is 6.02. The van der Waals surface area contributed by atoms with Crippen LogP contribution in [-0.2, 0) is 9.59 Å². The Balaban J connectivity index is 1.91. The van der Waals surface area contributed by atoms with Crippen LogP contribution in [0, 0.1) is 0 Å². The zero-order valence-electron chi connectivity index (χ0n) is 15.1. The van der Waals surface area contributed by atoms with Gasteiger partial charge in [0.05, 0.1) is 10.9 Å². The SMILES string of the molecule is O=C1COc2ccc3ncnc(c3c2)/N=c2\cccc\c2=C/NC(=O)/C=C\C=N\1. The second kappa shape index (κ2) is 8.22. The van der Waals surface area contributed by atoms with Gasteiger partial charge in [0.25, 0.3) is 5.91 Å². The van der Waals surface area contributed by atoms with E-state index in [0.717, 1.165) is 0 Å². The number of carbonyl (C=O) groups excluding carboxylic acids is 2. The molecule has 2 aromatic carbocycles. The topological polar surface area (TPSA) is 106 Å². The van der Waals surface area contributed by atoms with Crippen molar-refractivity contribution in [1.82, 2.24) is 15.3 Å². The van der Waals surface area contributed by atoms with Gasteiger partial charge < -0.3 is 10.1 Å². The molecule has 3 aromatic rings. The third-order valence-corrected chi connectivity index (χ3v) is 4.03. The molecule has 2 bridgehead atoms. The number of aliphatic imine (C=N–C) groups is 1. The van der Waals surface area contributed by atoms with Gasteiger partial charge in [-0.05, 0) is 30.3 Å². The van der Waals surface area contributed by atoms with Crippen molar-refractivity contribution in [3.05, 3.63) is 71.5 Å². The van der Waals surface area contributed by atoms with Crippen LogP contribution in [0.1, 0.15) is 0 Å². The molecule has 0 atom stereocenters. The molecule has 0 spiro atoms. The normalized spacial score (nSPS) is 18.9. The average Bonchev–Trinajstić information content (AvgIpc) is 2.74. The van der Waals surface area contributed by atoms with Gasteiger partial charge in [-0.15, -0.1) is 0 Å². The van der Waals surface area contributed by atoms with Crippen LogP contribution in [0.5, 0.6) is 5.75 Å². The first-order valence-electron chi connectivity index (χ1n) is 8.75. The zero-order valence-corrected chi connectivity index (χ0v) is 15.1. The Morgan fingerprint density at radius 3 is 2.86 bits per heavy atom. The minimum absolute atomic E-state index is 0.237. The molecule has 1 aliphatic heterocycles. The highest BCUT2D eigenvalue weighted by Crippen LogP contribution is 2.25. The molecule has 29 heavy (non-hydrogen) atoms. The number of para-hydroxylation sites is 1. The molecule has 2 heterocycles. The summed E-state index contributed by atoms with van der Waals surface area (Å²) < 4.78 is 5.53. The number of aromatic nitrogens is 2. The van der Waals surface area contributed by atoms with Crippen molar-refractivity contribution in [1.29, 1.82) is 0 Å². The van der Waals surface area contributed by atoms with Crippen LogP contribution < -0.4 is 20.6 Å². The van der Waals surface area contributed by atoms with Crippen LogP contribution >= 0.6 is 0 Å². The highest BCUT2D eigenvalue weighted by Gasteiger charge is 2.07. The summed E-state index contributed by atoms with van der Waals surface area (Å²) in [7, 11) is 0. The van der Waals surface area contributed by atoms with Gasteiger partial charge in [-0.3, -0.25) is 9.59 Å². The van der Waals surface area contributed by atoms with Gasteiger partial charge in [-0.25, -0.2) is 20.0 Å². The van der Waals surface area contributed by atoms with Crippen molar-refractivity contribution < 1.29 is 14.3 Å². The quantitative estimate of drug-likeness (QED) is 0.621. The van der Waals surface area contributed by atoms with Gasteiger partial charge >= 0.3 is 0 Å². The third-order valence-electron chi connectivity index (χ3n) is 4.03. The summed E-state index contributed by atoms with van der Waals surface area (Å²) >= 11 is 0. The van der Waals surface area contributed by atoms with E-state index >= 15 is 0 Å². The van der Waals surface area contributed by atoms with Crippen molar-refractivity contribution in [2.45, 2.75) is 0 Å². The summed E-state index contributed by atoms with van der Waals surface area (Å²) in [6.45, 7) is -0.237. The van der Waals surface area contributed by atoms with Gasteiger partial charge in [0.15, 0.2) is 12.4 Å². The molecule has 0 radical (unpaired) electrons. The van der Waals surface area contributed by atoms with Crippen molar-refractivity contribution in [3.63, 3.8) is 0 Å². The van der Waals surface area contributed by atoms with Gasteiger partial charge in [0.1, 0.15) is 12.1 Å². The third kappa shape index (κ3) is 4.38. The first kappa shape index (κ1) is 18.2. The van der Waals surface area contributed by atoms with E-state index in [1.807, 2.05) is 24.3 Å². The van der Waals surface area contributed by atoms with E-state index in [4.69, 9.17) is 4.74 Å². The Bertz CT molecular complexity index is 1280. The lowest BCUT2D eigenvalue weighted by Crippen LogP contribution is -2.28. The Labute approximate surface area is 165 Å². The second-order valence-electron chi connectivity index (χ2n) is 6.02. The predicted octanol–water partition coefficient (Wildman–Crippen LogP) is 0.981. The van der Waals surface area contributed by atoms with Gasteiger partial charge in [0.2, 0.25) is 5.91 Å². The molecule has 0 unspecified atom stereocenters. The molecule has 0 saturated carbocycles. The maximum atomic E-state index is 11.9. The minimum atomic E-state index is -0.479. The first-order chi connectivity index (χ1) is 14.2. The summed E-state index contributed by atoms with van der Waals surface area (Å²) in [4.78, 5) is 40.7. The largest absolute Gasteiger partial charge is 0.484 e. The van der Waals surface area contributed by atoms with E-state index < -0.39 is 5.91 Å². The Kier molecular flexibility index (Phi) is 5.15. The van der Waals surface area contributed by atoms with E-state index in [0.29, 0.717) is 33.0 Å². The molecule has 8 nitrogen and oxygen atoms in total. The molecule has 0 fully saturated rings. The molecule has 0 aliphatic carbocycles. The highest BCUT2D eigenvalue weighted by atomic mass is 16.5. The van der Waals surface area contributed by atoms with Crippen LogP contribution in [0.3, 0.4) is 0 Å². The van der Waals surface area contributed by atoms with E-state index in [1.54, 1.807) is 24.4 Å². The van der Waals surface area contributed by atoms with Crippen molar-refractivity contribution in [3.8, 4) is 5.75 Å². The minimum Gasteiger partial charge on any atom is -0.484 e. The molecule has 4 rings (SSSR count). The standard InChI is InChI=1S/C21H15N5O3/c27-19-6-3-9-22-20(28)12-29-15-7-8-18-16(10-15)21(25-13-24-18)26-17-5-2-1-4-14(17)11-23-19/h1-11,13H,12H2,(H,23,27)/b6-3-,14-11+,22-9+,26-17+. The van der Waals surface area contributed by atoms with Crippen molar-refractivity contribution >= 4 is 40.9 Å². The Morgan fingerprint density at radius 1 is 1.03 bits per heavy atom. The summed E-state index contributed by atoms with van der Waals surface area (Å²) in [5.41, 5.74) is 0.687. The summed E-state index contributed by atoms with van der Waals surface area (Å²) in [6, 6.07) is 12.6. The fourth-order valence-corrected chi connectivity index (χ4v) is 2.66. The number of amides is 2. The van der Waals surface area contributed by atoms with Gasteiger partial charge in [0, 0.05) is 29.1 Å². The summed E-state index contributed by atoms with van der Waals surface area (Å²) in [5, 5.41) is 4.67. The van der Waals surface area contributed by atoms with Crippen LogP contribution in [0.25, 0.3) is 17.1 Å². The number of benzene rings is 2. The van der Waals surface area contributed by atoms with E-state index in [1.165, 1.54) is 24.7 Å². The smallest absolute Gasteiger partial charge is 0.283 e. The molecule has 1 N–H and O–H groups in total. The van der Waals surface area contributed by atoms with E-state index in [9.17, 15) is 9.59 Å². The number of hydrogen-bond donors (Lipinski definition) is 1. The molecule has 1 aliphatic rings. The van der Waals surface area contributed by atoms with Gasteiger partial charge in [-0.2, -0.15) is 0 Å². The number of nitrogens with one attached hydrogen (secondary N) is 1. The number of carbonyl (C=O) groups is 2. The highest BCUT2D eigenvalue weighted by molar-refractivity contribution is 5.96. The number of nitrogens with zero attached hydrogens (tertiary/aromatic N) is 4. The van der Waals surface area contributed by atoms with Crippen LogP contribution in [0.4, 0.5) is 5.82 Å². The number of rotatable bonds is 0. The summed E-state index contributed by atoms with van der Waals surface area (Å²) in [6.07, 6.45) is 6.89. The molecule has 142 valence electrons. The fraction of sp³-hybridized carbons (Fsp3) is 0.0476. The van der Waals surface area contributed by atoms with Crippen LogP contribution in [-0.4, -0.2) is 34.6 Å². The monoisotopic (exact) mass is 385 g/mol. The van der Waals surface area contributed by atoms with Crippen molar-refractivity contribution in [2.24, 2.45) is 9.98 Å². The van der Waals surface area contributed by atoms with E-state index in [-0.39, 0.29) is 12.5 Å². The Morgan fingerprint density at radius 2 is 1.93 bits per heavy atom. The average molecular weight is 385 g/mol. The Hall–Kier alpha value is -4.20. The maximum Gasteiger partial charge on any atom is 0.283 e. The molecule has 0 saturated heterocycles. The molecular weight excluding hydrogens is 370 g/mol. The number of allylic oxidation sites excluding steroid dienone is 1. The fourth-order valence-electron chi connectivity index (χ4n) is 2.66. The van der Waals surface area contributed by atoms with Crippen LogP contribution in [0.2, 0.25) is 0 Å². The molecule has 1 aromatic heterocycles. The number of ether oxygens (including phenoxy) is 1. The summed E-state index contributed by atoms with van der Waals surface area (Å²) in [5.74, 6) is 0.0769. The van der Waals surface area contributed by atoms with E-state index in [2.05, 4.69) is 25.3 Å². The number of hydrogen-bond acceptors (Lipinski definition) is 6. The first-order valence-corrected chi connectivity index (χ1v) is 8.75. The van der Waals surface area contributed by atoms with Gasteiger partial charge in [-0.1, -0.05) is 18.2 Å². The lowest BCUT2D eigenvalue weighted by molar-refractivity contribution is -0.119. The number of fused-ring (bicyclic) bond motifs is 2. The molecule has 2 amide bonds. The zero-order chi connectivity index (χ0) is 20.1.